The van der Waals surface area contributed by atoms with Gasteiger partial charge in [0.2, 0.25) is 0 Å². The standard InChI is InChI=1S/C12H16BrNO/c1-14-12(8-3-4-8)10-7-9(13)5-6-11(10)15-2/h5-8,12,14H,3-4H2,1-2H3. The summed E-state index contributed by atoms with van der Waals surface area (Å²) in [5.41, 5.74) is 1.26. The summed E-state index contributed by atoms with van der Waals surface area (Å²) in [5, 5.41) is 3.38. The van der Waals surface area contributed by atoms with Crippen LogP contribution in [0.3, 0.4) is 0 Å². The van der Waals surface area contributed by atoms with E-state index in [0.717, 1.165) is 16.1 Å². The third-order valence-electron chi connectivity index (χ3n) is 2.93. The van der Waals surface area contributed by atoms with Crippen LogP contribution in [0, 0.1) is 5.92 Å². The first kappa shape index (κ1) is 11.0. The number of halogens is 1. The second-order valence-corrected chi connectivity index (χ2v) is 4.91. The lowest BCUT2D eigenvalue weighted by atomic mass is 10.0. The molecule has 1 aliphatic rings. The molecule has 1 N–H and O–H groups in total. The van der Waals surface area contributed by atoms with Gasteiger partial charge < -0.3 is 10.1 Å². The van der Waals surface area contributed by atoms with E-state index in [9.17, 15) is 0 Å². The third kappa shape index (κ3) is 2.34. The molecule has 1 aromatic carbocycles. The minimum absolute atomic E-state index is 0.428. The van der Waals surface area contributed by atoms with Crippen molar-refractivity contribution in [2.24, 2.45) is 5.92 Å². The second kappa shape index (κ2) is 4.54. The minimum Gasteiger partial charge on any atom is -0.496 e. The van der Waals surface area contributed by atoms with Crippen molar-refractivity contribution in [2.45, 2.75) is 18.9 Å². The molecule has 0 heterocycles. The van der Waals surface area contributed by atoms with Gasteiger partial charge in [0.15, 0.2) is 0 Å². The molecule has 0 radical (unpaired) electrons. The summed E-state index contributed by atoms with van der Waals surface area (Å²) in [6.45, 7) is 0. The summed E-state index contributed by atoms with van der Waals surface area (Å²) >= 11 is 3.51. The normalized spacial score (nSPS) is 17.5. The smallest absolute Gasteiger partial charge is 0.123 e. The van der Waals surface area contributed by atoms with Crippen LogP contribution >= 0.6 is 15.9 Å². The highest BCUT2D eigenvalue weighted by Crippen LogP contribution is 2.43. The van der Waals surface area contributed by atoms with Crippen LogP contribution in [0.1, 0.15) is 24.4 Å². The Balaban J connectivity index is 2.34. The molecule has 0 bridgehead atoms. The predicted molar refractivity (Wildman–Crippen MR) is 65.2 cm³/mol. The fraction of sp³-hybridized carbons (Fsp3) is 0.500. The zero-order chi connectivity index (χ0) is 10.8. The van der Waals surface area contributed by atoms with E-state index in [1.54, 1.807) is 7.11 Å². The Hall–Kier alpha value is -0.540. The molecule has 1 fully saturated rings. The van der Waals surface area contributed by atoms with Crippen molar-refractivity contribution >= 4 is 15.9 Å². The lowest BCUT2D eigenvalue weighted by molar-refractivity contribution is 0.396. The van der Waals surface area contributed by atoms with E-state index < -0.39 is 0 Å². The summed E-state index contributed by atoms with van der Waals surface area (Å²) in [6, 6.07) is 6.62. The molecule has 2 rings (SSSR count). The zero-order valence-electron chi connectivity index (χ0n) is 9.09. The Bertz CT molecular complexity index is 349. The van der Waals surface area contributed by atoms with Gasteiger partial charge in [-0.1, -0.05) is 15.9 Å². The van der Waals surface area contributed by atoms with E-state index in [0.29, 0.717) is 6.04 Å². The van der Waals surface area contributed by atoms with E-state index in [-0.39, 0.29) is 0 Å². The van der Waals surface area contributed by atoms with Crippen LogP contribution in [0.15, 0.2) is 22.7 Å². The van der Waals surface area contributed by atoms with E-state index in [4.69, 9.17) is 4.74 Å². The fourth-order valence-corrected chi connectivity index (χ4v) is 2.40. The monoisotopic (exact) mass is 269 g/mol. The molecule has 1 aliphatic carbocycles. The van der Waals surface area contributed by atoms with Crippen LogP contribution in [0.5, 0.6) is 5.75 Å². The Labute approximate surface area is 99.1 Å². The molecular weight excluding hydrogens is 254 g/mol. The minimum atomic E-state index is 0.428. The lowest BCUT2D eigenvalue weighted by Crippen LogP contribution is -2.19. The van der Waals surface area contributed by atoms with Crippen molar-refractivity contribution < 1.29 is 4.74 Å². The Morgan fingerprint density at radius 1 is 1.47 bits per heavy atom. The van der Waals surface area contributed by atoms with Crippen LogP contribution in [0.2, 0.25) is 0 Å². The van der Waals surface area contributed by atoms with Crippen LogP contribution in [-0.4, -0.2) is 14.2 Å². The SMILES string of the molecule is CNC(c1cc(Br)ccc1OC)C1CC1. The molecule has 3 heteroatoms. The Morgan fingerprint density at radius 2 is 2.20 bits per heavy atom. The first-order chi connectivity index (χ1) is 7.26. The maximum atomic E-state index is 5.40. The summed E-state index contributed by atoms with van der Waals surface area (Å²) < 4.78 is 6.51. The molecule has 2 nitrogen and oxygen atoms in total. The van der Waals surface area contributed by atoms with Crippen molar-refractivity contribution in [1.29, 1.82) is 0 Å². The Kier molecular flexibility index (Phi) is 3.32. The topological polar surface area (TPSA) is 21.3 Å². The van der Waals surface area contributed by atoms with Crippen molar-refractivity contribution in [2.75, 3.05) is 14.2 Å². The molecule has 0 spiro atoms. The van der Waals surface area contributed by atoms with Gasteiger partial charge in [-0.15, -0.1) is 0 Å². The van der Waals surface area contributed by atoms with E-state index in [1.807, 2.05) is 19.2 Å². The van der Waals surface area contributed by atoms with Gasteiger partial charge in [-0.3, -0.25) is 0 Å². The highest BCUT2D eigenvalue weighted by Gasteiger charge is 2.32. The number of ether oxygens (including phenoxy) is 1. The summed E-state index contributed by atoms with van der Waals surface area (Å²) in [7, 11) is 3.75. The van der Waals surface area contributed by atoms with Gasteiger partial charge in [0.1, 0.15) is 5.75 Å². The zero-order valence-corrected chi connectivity index (χ0v) is 10.7. The summed E-state index contributed by atoms with van der Waals surface area (Å²) in [5.74, 6) is 1.75. The second-order valence-electron chi connectivity index (χ2n) is 3.99. The maximum absolute atomic E-state index is 5.40. The van der Waals surface area contributed by atoms with Gasteiger partial charge in [0.05, 0.1) is 7.11 Å². The number of rotatable bonds is 4. The van der Waals surface area contributed by atoms with Crippen LogP contribution in [0.25, 0.3) is 0 Å². The van der Waals surface area contributed by atoms with Gasteiger partial charge in [-0.2, -0.15) is 0 Å². The summed E-state index contributed by atoms with van der Waals surface area (Å²) in [6.07, 6.45) is 2.64. The quantitative estimate of drug-likeness (QED) is 0.907. The molecule has 1 aromatic rings. The number of nitrogens with one attached hydrogen (secondary N) is 1. The third-order valence-corrected chi connectivity index (χ3v) is 3.42. The predicted octanol–water partition coefficient (Wildman–Crippen LogP) is 3.13. The van der Waals surface area contributed by atoms with Crippen molar-refractivity contribution in [3.8, 4) is 5.75 Å². The number of hydrogen-bond acceptors (Lipinski definition) is 2. The highest BCUT2D eigenvalue weighted by molar-refractivity contribution is 9.10. The Morgan fingerprint density at radius 3 is 2.73 bits per heavy atom. The van der Waals surface area contributed by atoms with Gasteiger partial charge in [-0.25, -0.2) is 0 Å². The molecule has 1 saturated carbocycles. The van der Waals surface area contributed by atoms with Gasteiger partial charge in [0.25, 0.3) is 0 Å². The average Bonchev–Trinajstić information content (AvgIpc) is 3.04. The van der Waals surface area contributed by atoms with Gasteiger partial charge in [-0.05, 0) is 44.0 Å². The molecule has 82 valence electrons. The van der Waals surface area contributed by atoms with Crippen molar-refractivity contribution in [3.05, 3.63) is 28.2 Å². The molecule has 0 saturated heterocycles. The molecule has 1 unspecified atom stereocenters. The van der Waals surface area contributed by atoms with Crippen molar-refractivity contribution in [1.82, 2.24) is 5.32 Å². The van der Waals surface area contributed by atoms with Gasteiger partial charge >= 0.3 is 0 Å². The van der Waals surface area contributed by atoms with Crippen LogP contribution in [0.4, 0.5) is 0 Å². The summed E-state index contributed by atoms with van der Waals surface area (Å²) in [4.78, 5) is 0. The largest absolute Gasteiger partial charge is 0.496 e. The molecule has 0 amide bonds. The van der Waals surface area contributed by atoms with Crippen molar-refractivity contribution in [3.63, 3.8) is 0 Å². The van der Waals surface area contributed by atoms with E-state index in [1.165, 1.54) is 18.4 Å². The number of benzene rings is 1. The van der Waals surface area contributed by atoms with E-state index in [2.05, 4.69) is 27.3 Å². The molecule has 1 atom stereocenters. The molecule has 0 aliphatic heterocycles. The average molecular weight is 270 g/mol. The molecule has 0 aromatic heterocycles. The molecular formula is C12H16BrNO. The highest BCUT2D eigenvalue weighted by atomic mass is 79.9. The van der Waals surface area contributed by atoms with Crippen LogP contribution < -0.4 is 10.1 Å². The first-order valence-corrected chi connectivity index (χ1v) is 6.06. The lowest BCUT2D eigenvalue weighted by Gasteiger charge is -2.19. The first-order valence-electron chi connectivity index (χ1n) is 5.27. The maximum Gasteiger partial charge on any atom is 0.123 e. The fourth-order valence-electron chi connectivity index (χ4n) is 2.02. The number of hydrogen-bond donors (Lipinski definition) is 1. The number of methoxy groups -OCH3 is 1. The van der Waals surface area contributed by atoms with Crippen LogP contribution in [-0.2, 0) is 0 Å². The molecule has 15 heavy (non-hydrogen) atoms. The van der Waals surface area contributed by atoms with E-state index >= 15 is 0 Å². The van der Waals surface area contributed by atoms with Gasteiger partial charge in [0, 0.05) is 16.1 Å².